The molecule has 0 saturated heterocycles. The number of methoxy groups -OCH3 is 1. The smallest absolute Gasteiger partial charge is 0.162 e. The molecule has 0 aliphatic heterocycles. The van der Waals surface area contributed by atoms with E-state index >= 15 is 0 Å². The van der Waals surface area contributed by atoms with Crippen LogP contribution in [0.5, 0.6) is 11.5 Å². The van der Waals surface area contributed by atoms with Gasteiger partial charge in [-0.05, 0) is 18.6 Å². The first kappa shape index (κ1) is 10.4. The van der Waals surface area contributed by atoms with Crippen molar-refractivity contribution in [2.75, 3.05) is 13.7 Å². The van der Waals surface area contributed by atoms with E-state index in [0.717, 1.165) is 6.42 Å². The Kier molecular flexibility index (Phi) is 3.81. The summed E-state index contributed by atoms with van der Waals surface area (Å²) < 4.78 is 10.6. The van der Waals surface area contributed by atoms with Crippen LogP contribution in [-0.4, -0.2) is 13.7 Å². The molecule has 0 atom stereocenters. The average molecular weight is 191 g/mol. The van der Waals surface area contributed by atoms with Gasteiger partial charge in [0.25, 0.3) is 0 Å². The predicted molar refractivity (Wildman–Crippen MR) is 53.5 cm³/mol. The third kappa shape index (κ3) is 2.40. The van der Waals surface area contributed by atoms with Gasteiger partial charge < -0.3 is 9.47 Å². The maximum Gasteiger partial charge on any atom is 0.162 e. The van der Waals surface area contributed by atoms with Crippen LogP contribution in [0, 0.1) is 11.3 Å². The molecule has 0 spiro atoms. The molecule has 3 heteroatoms. The highest BCUT2D eigenvalue weighted by atomic mass is 16.5. The van der Waals surface area contributed by atoms with E-state index in [-0.39, 0.29) is 0 Å². The summed E-state index contributed by atoms with van der Waals surface area (Å²) in [5.41, 5.74) is 0.580. The zero-order valence-corrected chi connectivity index (χ0v) is 8.41. The Morgan fingerprint density at radius 2 is 2.14 bits per heavy atom. The molecule has 3 nitrogen and oxygen atoms in total. The summed E-state index contributed by atoms with van der Waals surface area (Å²) in [5, 5.41) is 8.70. The maximum absolute atomic E-state index is 8.70. The molecule has 0 bridgehead atoms. The van der Waals surface area contributed by atoms with E-state index in [1.165, 1.54) is 0 Å². The Morgan fingerprint density at radius 3 is 2.71 bits per heavy atom. The van der Waals surface area contributed by atoms with E-state index in [2.05, 4.69) is 6.07 Å². The van der Waals surface area contributed by atoms with Crippen molar-refractivity contribution in [1.82, 2.24) is 0 Å². The lowest BCUT2D eigenvalue weighted by atomic mass is 10.2. The van der Waals surface area contributed by atoms with Gasteiger partial charge in [-0.2, -0.15) is 5.26 Å². The molecular weight excluding hydrogens is 178 g/mol. The molecule has 0 radical (unpaired) electrons. The average Bonchev–Trinajstić information content (AvgIpc) is 2.25. The van der Waals surface area contributed by atoms with Gasteiger partial charge in [-0.1, -0.05) is 6.92 Å². The molecule has 0 aliphatic rings. The van der Waals surface area contributed by atoms with E-state index in [1.807, 2.05) is 6.92 Å². The topological polar surface area (TPSA) is 42.2 Å². The molecule has 14 heavy (non-hydrogen) atoms. The molecule has 74 valence electrons. The second kappa shape index (κ2) is 5.13. The highest BCUT2D eigenvalue weighted by molar-refractivity contribution is 5.46. The Hall–Kier alpha value is -1.69. The van der Waals surface area contributed by atoms with E-state index in [4.69, 9.17) is 14.7 Å². The fourth-order valence-corrected chi connectivity index (χ4v) is 1.07. The summed E-state index contributed by atoms with van der Waals surface area (Å²) in [7, 11) is 1.58. The minimum atomic E-state index is 0.580. The Balaban J connectivity index is 2.91. The molecule has 0 amide bonds. The zero-order chi connectivity index (χ0) is 10.4. The van der Waals surface area contributed by atoms with E-state index in [0.29, 0.717) is 23.7 Å². The Labute approximate surface area is 83.9 Å². The monoisotopic (exact) mass is 191 g/mol. The third-order valence-corrected chi connectivity index (χ3v) is 1.75. The largest absolute Gasteiger partial charge is 0.493 e. The lowest BCUT2D eigenvalue weighted by molar-refractivity contribution is 0.294. The van der Waals surface area contributed by atoms with Crippen LogP contribution in [0.1, 0.15) is 18.9 Å². The molecule has 0 N–H and O–H groups in total. The molecule has 1 aromatic rings. The fraction of sp³-hybridized carbons (Fsp3) is 0.364. The Morgan fingerprint density at radius 1 is 1.36 bits per heavy atom. The van der Waals surface area contributed by atoms with Gasteiger partial charge in [0.05, 0.1) is 25.3 Å². The molecule has 1 aromatic carbocycles. The summed E-state index contributed by atoms with van der Waals surface area (Å²) in [5.74, 6) is 1.30. The number of benzene rings is 1. The second-order valence-corrected chi connectivity index (χ2v) is 2.83. The number of nitrogens with zero attached hydrogens (tertiary/aromatic N) is 1. The molecule has 0 aromatic heterocycles. The number of rotatable bonds is 4. The van der Waals surface area contributed by atoms with Crippen molar-refractivity contribution in [2.45, 2.75) is 13.3 Å². The SMILES string of the molecule is CCCOc1cc(C#N)ccc1OC. The molecule has 0 saturated carbocycles. The normalized spacial score (nSPS) is 9.21. The van der Waals surface area contributed by atoms with E-state index in [1.54, 1.807) is 25.3 Å². The summed E-state index contributed by atoms with van der Waals surface area (Å²) in [6.45, 7) is 2.66. The van der Waals surface area contributed by atoms with Crippen molar-refractivity contribution in [3.05, 3.63) is 23.8 Å². The third-order valence-electron chi connectivity index (χ3n) is 1.75. The van der Waals surface area contributed by atoms with Crippen LogP contribution in [0.25, 0.3) is 0 Å². The molecule has 0 unspecified atom stereocenters. The van der Waals surface area contributed by atoms with Crippen molar-refractivity contribution in [1.29, 1.82) is 5.26 Å². The van der Waals surface area contributed by atoms with Gasteiger partial charge in [-0.15, -0.1) is 0 Å². The first-order chi connectivity index (χ1) is 6.81. The summed E-state index contributed by atoms with van der Waals surface area (Å²) in [6.07, 6.45) is 0.930. The fourth-order valence-electron chi connectivity index (χ4n) is 1.07. The lowest BCUT2D eigenvalue weighted by Gasteiger charge is -2.09. The van der Waals surface area contributed by atoms with Gasteiger partial charge in [0.2, 0.25) is 0 Å². The number of nitriles is 1. The second-order valence-electron chi connectivity index (χ2n) is 2.83. The van der Waals surface area contributed by atoms with Gasteiger partial charge >= 0.3 is 0 Å². The highest BCUT2D eigenvalue weighted by Crippen LogP contribution is 2.27. The number of hydrogen-bond donors (Lipinski definition) is 0. The van der Waals surface area contributed by atoms with Gasteiger partial charge in [-0.3, -0.25) is 0 Å². The van der Waals surface area contributed by atoms with Crippen LogP contribution in [0.4, 0.5) is 0 Å². The molecule has 0 fully saturated rings. The zero-order valence-electron chi connectivity index (χ0n) is 8.41. The number of hydrogen-bond acceptors (Lipinski definition) is 3. The summed E-state index contributed by atoms with van der Waals surface area (Å²) in [6, 6.07) is 7.19. The first-order valence-corrected chi connectivity index (χ1v) is 4.52. The van der Waals surface area contributed by atoms with Gasteiger partial charge in [0.15, 0.2) is 11.5 Å². The van der Waals surface area contributed by atoms with Crippen LogP contribution in [0.2, 0.25) is 0 Å². The van der Waals surface area contributed by atoms with Crippen LogP contribution in [0.15, 0.2) is 18.2 Å². The van der Waals surface area contributed by atoms with Gasteiger partial charge in [0.1, 0.15) is 0 Å². The molecule has 1 rings (SSSR count). The van der Waals surface area contributed by atoms with Crippen LogP contribution in [0.3, 0.4) is 0 Å². The summed E-state index contributed by atoms with van der Waals surface area (Å²) >= 11 is 0. The molecular formula is C11H13NO2. The first-order valence-electron chi connectivity index (χ1n) is 4.52. The molecule has 0 aliphatic carbocycles. The van der Waals surface area contributed by atoms with E-state index < -0.39 is 0 Å². The summed E-state index contributed by atoms with van der Waals surface area (Å²) in [4.78, 5) is 0. The Bertz CT molecular complexity index is 342. The number of ether oxygens (including phenoxy) is 2. The van der Waals surface area contributed by atoms with Crippen molar-refractivity contribution in [3.63, 3.8) is 0 Å². The van der Waals surface area contributed by atoms with E-state index in [9.17, 15) is 0 Å². The predicted octanol–water partition coefficient (Wildman–Crippen LogP) is 2.36. The lowest BCUT2D eigenvalue weighted by Crippen LogP contribution is -1.98. The van der Waals surface area contributed by atoms with Crippen molar-refractivity contribution in [2.24, 2.45) is 0 Å². The minimum Gasteiger partial charge on any atom is -0.493 e. The standard InChI is InChI=1S/C11H13NO2/c1-3-6-14-11-7-9(8-12)4-5-10(11)13-2/h4-5,7H,3,6H2,1-2H3. The van der Waals surface area contributed by atoms with Crippen molar-refractivity contribution >= 4 is 0 Å². The highest BCUT2D eigenvalue weighted by Gasteiger charge is 2.04. The van der Waals surface area contributed by atoms with Crippen molar-refractivity contribution in [3.8, 4) is 17.6 Å². The maximum atomic E-state index is 8.70. The van der Waals surface area contributed by atoms with Crippen LogP contribution in [-0.2, 0) is 0 Å². The van der Waals surface area contributed by atoms with Crippen molar-refractivity contribution < 1.29 is 9.47 Å². The van der Waals surface area contributed by atoms with Crippen LogP contribution >= 0.6 is 0 Å². The molecule has 0 heterocycles. The van der Waals surface area contributed by atoms with Gasteiger partial charge in [-0.25, -0.2) is 0 Å². The minimum absolute atomic E-state index is 0.580. The quantitative estimate of drug-likeness (QED) is 0.733. The van der Waals surface area contributed by atoms with Gasteiger partial charge in [0, 0.05) is 6.07 Å². The van der Waals surface area contributed by atoms with Crippen LogP contribution < -0.4 is 9.47 Å².